The smallest absolute Gasteiger partial charge is 0.177 e. The van der Waals surface area contributed by atoms with Gasteiger partial charge in [-0.3, -0.25) is 0 Å². The lowest BCUT2D eigenvalue weighted by Gasteiger charge is -2.34. The number of hydrogen-bond acceptors (Lipinski definition) is 4. The average molecular weight is 493 g/mol. The predicted octanol–water partition coefficient (Wildman–Crippen LogP) is 7.67. The fourth-order valence-corrected chi connectivity index (χ4v) is 4.06. The summed E-state index contributed by atoms with van der Waals surface area (Å²) in [5.41, 5.74) is 1.18. The van der Waals surface area contributed by atoms with Gasteiger partial charge in [-0.15, -0.1) is 5.10 Å². The Labute approximate surface area is 204 Å². The zero-order valence-electron chi connectivity index (χ0n) is 18.9. The van der Waals surface area contributed by atoms with Gasteiger partial charge in [-0.2, -0.15) is 0 Å². The molecular formula is C24H28Cl3N5. The zero-order valence-corrected chi connectivity index (χ0v) is 21.2. The van der Waals surface area contributed by atoms with E-state index >= 15 is 0 Å². The lowest BCUT2D eigenvalue weighted by molar-refractivity contribution is 0.255. The van der Waals surface area contributed by atoms with Gasteiger partial charge in [-0.1, -0.05) is 80.7 Å². The molecular weight excluding hydrogens is 465 g/mol. The van der Waals surface area contributed by atoms with Crippen molar-refractivity contribution in [2.45, 2.75) is 52.6 Å². The number of halogens is 3. The fourth-order valence-electron chi connectivity index (χ4n) is 3.47. The molecule has 2 atom stereocenters. The summed E-state index contributed by atoms with van der Waals surface area (Å²) in [6.07, 6.45) is 4.86. The van der Waals surface area contributed by atoms with Crippen molar-refractivity contribution in [1.29, 1.82) is 0 Å². The van der Waals surface area contributed by atoms with Gasteiger partial charge in [-0.25, -0.2) is 4.68 Å². The maximum Gasteiger partial charge on any atom is 0.177 e. The lowest BCUT2D eigenvalue weighted by atomic mass is 9.85. The summed E-state index contributed by atoms with van der Waals surface area (Å²) in [7, 11) is 0. The summed E-state index contributed by atoms with van der Waals surface area (Å²) in [6.45, 7) is 10.7. The zero-order chi connectivity index (χ0) is 23.5. The standard InChI is InChI=1S/C24H28Cl3N5/c1-6-24(5,28-19-12-10-17(25)11-13-19)22-29-30-31-32(22)21(23(2,3)4)14-8-16-7-9-18(26)15-20(16)27/h7-15,21,28H,6H2,1-5H3/b14-8-. The quantitative estimate of drug-likeness (QED) is 0.367. The van der Waals surface area contributed by atoms with Crippen molar-refractivity contribution in [1.82, 2.24) is 20.2 Å². The Balaban J connectivity index is 2.00. The highest BCUT2D eigenvalue weighted by Crippen LogP contribution is 2.37. The summed E-state index contributed by atoms with van der Waals surface area (Å²) in [4.78, 5) is 0. The largest absolute Gasteiger partial charge is 0.373 e. The average Bonchev–Trinajstić information content (AvgIpc) is 3.20. The van der Waals surface area contributed by atoms with Crippen LogP contribution in [-0.4, -0.2) is 20.2 Å². The number of allylic oxidation sites excluding steroid dienone is 1. The molecule has 1 N–H and O–H groups in total. The van der Waals surface area contributed by atoms with Gasteiger partial charge in [-0.05, 0) is 71.1 Å². The minimum absolute atomic E-state index is 0.114. The highest BCUT2D eigenvalue weighted by molar-refractivity contribution is 6.35. The van der Waals surface area contributed by atoms with Crippen molar-refractivity contribution in [2.75, 3.05) is 5.32 Å². The maximum absolute atomic E-state index is 6.38. The number of rotatable bonds is 7. The van der Waals surface area contributed by atoms with Crippen LogP contribution in [0.3, 0.4) is 0 Å². The van der Waals surface area contributed by atoms with Gasteiger partial charge in [0.25, 0.3) is 0 Å². The van der Waals surface area contributed by atoms with E-state index in [0.29, 0.717) is 15.1 Å². The van der Waals surface area contributed by atoms with Crippen LogP contribution in [0.15, 0.2) is 48.5 Å². The van der Waals surface area contributed by atoms with E-state index in [-0.39, 0.29) is 11.5 Å². The van der Waals surface area contributed by atoms with Crippen molar-refractivity contribution in [2.24, 2.45) is 5.41 Å². The lowest BCUT2D eigenvalue weighted by Crippen LogP contribution is -2.37. The summed E-state index contributed by atoms with van der Waals surface area (Å²) in [5, 5.41) is 18.3. The van der Waals surface area contributed by atoms with E-state index in [1.165, 1.54) is 0 Å². The van der Waals surface area contributed by atoms with Crippen molar-refractivity contribution >= 4 is 46.6 Å². The van der Waals surface area contributed by atoms with Crippen molar-refractivity contribution < 1.29 is 0 Å². The number of benzene rings is 2. The molecule has 2 aromatic carbocycles. The second-order valence-electron chi connectivity index (χ2n) is 9.10. The Morgan fingerprint density at radius 2 is 1.66 bits per heavy atom. The Bertz CT molecular complexity index is 1090. The monoisotopic (exact) mass is 491 g/mol. The van der Waals surface area contributed by atoms with Crippen molar-refractivity contribution in [3.63, 3.8) is 0 Å². The Morgan fingerprint density at radius 3 is 2.25 bits per heavy atom. The van der Waals surface area contributed by atoms with E-state index in [1.807, 2.05) is 47.2 Å². The van der Waals surface area contributed by atoms with E-state index < -0.39 is 5.54 Å². The Kier molecular flexibility index (Phi) is 7.53. The van der Waals surface area contributed by atoms with E-state index in [1.54, 1.807) is 6.07 Å². The molecule has 0 aliphatic carbocycles. The van der Waals surface area contributed by atoms with Crippen molar-refractivity contribution in [3.05, 3.63) is 75.0 Å². The minimum Gasteiger partial charge on any atom is -0.373 e. The van der Waals surface area contributed by atoms with E-state index in [2.05, 4.69) is 61.5 Å². The molecule has 8 heteroatoms. The molecule has 32 heavy (non-hydrogen) atoms. The number of hydrogen-bond donors (Lipinski definition) is 1. The topological polar surface area (TPSA) is 55.6 Å². The highest BCUT2D eigenvalue weighted by Gasteiger charge is 2.36. The Hall–Kier alpha value is -2.08. The summed E-state index contributed by atoms with van der Waals surface area (Å²) < 4.78 is 1.90. The third kappa shape index (κ3) is 5.64. The number of tetrazole rings is 1. The molecule has 0 aliphatic rings. The molecule has 0 amide bonds. The molecule has 170 valence electrons. The van der Waals surface area contributed by atoms with Gasteiger partial charge in [0, 0.05) is 20.8 Å². The second-order valence-corrected chi connectivity index (χ2v) is 10.4. The normalized spacial score (nSPS) is 15.0. The first-order chi connectivity index (χ1) is 15.0. The highest BCUT2D eigenvalue weighted by atomic mass is 35.5. The first-order valence-corrected chi connectivity index (χ1v) is 11.6. The van der Waals surface area contributed by atoms with Gasteiger partial charge in [0.2, 0.25) is 0 Å². The molecule has 1 heterocycles. The number of nitrogens with one attached hydrogen (secondary N) is 1. The molecule has 0 spiro atoms. The minimum atomic E-state index is -0.493. The molecule has 3 aromatic rings. The fraction of sp³-hybridized carbons (Fsp3) is 0.375. The molecule has 5 nitrogen and oxygen atoms in total. The van der Waals surface area contributed by atoms with Crippen LogP contribution in [0.1, 0.15) is 58.5 Å². The van der Waals surface area contributed by atoms with Crippen LogP contribution in [-0.2, 0) is 5.54 Å². The Morgan fingerprint density at radius 1 is 1.00 bits per heavy atom. The summed E-state index contributed by atoms with van der Waals surface area (Å²) in [6, 6.07) is 13.0. The number of anilines is 1. The molecule has 0 bridgehead atoms. The van der Waals surface area contributed by atoms with Crippen LogP contribution >= 0.6 is 34.8 Å². The maximum atomic E-state index is 6.38. The van der Waals surface area contributed by atoms with Crippen LogP contribution in [0.2, 0.25) is 15.1 Å². The van der Waals surface area contributed by atoms with Crippen LogP contribution in [0.5, 0.6) is 0 Å². The van der Waals surface area contributed by atoms with Crippen LogP contribution in [0.4, 0.5) is 5.69 Å². The van der Waals surface area contributed by atoms with Crippen LogP contribution in [0.25, 0.3) is 6.08 Å². The number of aromatic nitrogens is 4. The van der Waals surface area contributed by atoms with Gasteiger partial charge in [0.15, 0.2) is 5.82 Å². The molecule has 3 rings (SSSR count). The van der Waals surface area contributed by atoms with E-state index in [0.717, 1.165) is 23.5 Å². The predicted molar refractivity (Wildman–Crippen MR) is 135 cm³/mol. The number of nitrogens with zero attached hydrogens (tertiary/aromatic N) is 4. The molecule has 1 aromatic heterocycles. The van der Waals surface area contributed by atoms with Crippen LogP contribution in [0, 0.1) is 5.41 Å². The molecule has 0 radical (unpaired) electrons. The van der Waals surface area contributed by atoms with Gasteiger partial charge >= 0.3 is 0 Å². The first kappa shape index (κ1) is 24.6. The summed E-state index contributed by atoms with van der Waals surface area (Å²) >= 11 is 18.5. The molecule has 0 fully saturated rings. The van der Waals surface area contributed by atoms with Gasteiger partial charge in [0.05, 0.1) is 11.6 Å². The molecule has 0 saturated heterocycles. The molecule has 2 unspecified atom stereocenters. The van der Waals surface area contributed by atoms with Crippen molar-refractivity contribution in [3.8, 4) is 0 Å². The van der Waals surface area contributed by atoms with E-state index in [9.17, 15) is 0 Å². The third-order valence-electron chi connectivity index (χ3n) is 5.53. The molecule has 0 saturated carbocycles. The summed E-state index contributed by atoms with van der Waals surface area (Å²) in [5.74, 6) is 0.752. The van der Waals surface area contributed by atoms with Gasteiger partial charge in [0.1, 0.15) is 0 Å². The first-order valence-electron chi connectivity index (χ1n) is 10.5. The van der Waals surface area contributed by atoms with Crippen LogP contribution < -0.4 is 5.32 Å². The SMILES string of the molecule is CCC(C)(Nc1ccc(Cl)cc1)c1nnnn1C(/C=C\c1ccc(Cl)cc1Cl)C(C)(C)C. The van der Waals surface area contributed by atoms with Gasteiger partial charge < -0.3 is 5.32 Å². The van der Waals surface area contributed by atoms with E-state index in [4.69, 9.17) is 34.8 Å². The molecule has 0 aliphatic heterocycles. The second kappa shape index (κ2) is 9.82. The third-order valence-corrected chi connectivity index (χ3v) is 6.34.